The Morgan fingerprint density at radius 3 is 2.47 bits per heavy atom. The molecule has 5 rings (SSSR count). The molecule has 0 amide bonds. The van der Waals surface area contributed by atoms with Crippen LogP contribution in [0, 0.1) is 11.3 Å². The summed E-state index contributed by atoms with van der Waals surface area (Å²) >= 11 is 0. The van der Waals surface area contributed by atoms with Crippen molar-refractivity contribution in [1.82, 2.24) is 14.0 Å². The van der Waals surface area contributed by atoms with Crippen LogP contribution in [-0.2, 0) is 6.54 Å². The number of imidazole rings is 1. The smallest absolute Gasteiger partial charge is 0.329 e. The highest BCUT2D eigenvalue weighted by molar-refractivity contribution is 5.76. The number of hydrogen-bond donors (Lipinski definition) is 2. The molecule has 2 heterocycles. The molecule has 1 aromatic carbocycles. The molecule has 0 unspecified atom stereocenters. The summed E-state index contributed by atoms with van der Waals surface area (Å²) in [7, 11) is 0. The van der Waals surface area contributed by atoms with Crippen LogP contribution in [0.3, 0.4) is 0 Å². The highest BCUT2D eigenvalue weighted by Gasteiger charge is 2.50. The topological polar surface area (TPSA) is 70.6 Å². The van der Waals surface area contributed by atoms with E-state index in [0.717, 1.165) is 42.9 Å². The van der Waals surface area contributed by atoms with E-state index in [-0.39, 0.29) is 24.9 Å². The van der Waals surface area contributed by atoms with E-state index >= 15 is 0 Å². The monoisotopic (exact) mass is 413 g/mol. The summed E-state index contributed by atoms with van der Waals surface area (Å²) < 4.78 is 3.57. The molecule has 2 N–H and O–H groups in total. The normalized spacial score (nSPS) is 25.7. The maximum absolute atomic E-state index is 13.3. The first kappa shape index (κ1) is 20.3. The van der Waals surface area contributed by atoms with Crippen molar-refractivity contribution in [3.05, 3.63) is 34.7 Å². The van der Waals surface area contributed by atoms with Crippen molar-refractivity contribution in [3.63, 3.8) is 0 Å². The molecule has 0 radical (unpaired) electrons. The van der Waals surface area contributed by atoms with Gasteiger partial charge in [0.05, 0.1) is 30.3 Å². The van der Waals surface area contributed by atoms with E-state index in [1.54, 1.807) is 4.57 Å². The first-order chi connectivity index (χ1) is 14.6. The fourth-order valence-electron chi connectivity index (χ4n) is 6.18. The van der Waals surface area contributed by atoms with E-state index in [9.17, 15) is 15.0 Å². The third kappa shape index (κ3) is 3.63. The number of likely N-dealkylation sites (tertiary alicyclic amines) is 1. The van der Waals surface area contributed by atoms with Crippen molar-refractivity contribution in [1.29, 1.82) is 0 Å². The van der Waals surface area contributed by atoms with Gasteiger partial charge in [-0.1, -0.05) is 25.0 Å². The van der Waals surface area contributed by atoms with E-state index < -0.39 is 6.10 Å². The zero-order valence-corrected chi connectivity index (χ0v) is 17.9. The van der Waals surface area contributed by atoms with Crippen molar-refractivity contribution in [2.75, 3.05) is 26.2 Å². The van der Waals surface area contributed by atoms with Crippen molar-refractivity contribution >= 4 is 11.0 Å². The summed E-state index contributed by atoms with van der Waals surface area (Å²) in [5, 5.41) is 19.2. The van der Waals surface area contributed by atoms with Crippen molar-refractivity contribution in [2.45, 2.75) is 70.1 Å². The molecule has 2 saturated carbocycles. The summed E-state index contributed by atoms with van der Waals surface area (Å²) in [5.41, 5.74) is 2.41. The highest BCUT2D eigenvalue weighted by Crippen LogP contribution is 2.59. The fraction of sp³-hybridized carbons (Fsp3) is 0.708. The number of aromatic nitrogens is 2. The molecule has 1 saturated heterocycles. The van der Waals surface area contributed by atoms with Gasteiger partial charge >= 0.3 is 5.69 Å². The average Bonchev–Trinajstić information content (AvgIpc) is 3.49. The molecule has 164 valence electrons. The Hall–Kier alpha value is -1.63. The summed E-state index contributed by atoms with van der Waals surface area (Å²) in [5.74, 6) is 0.882. The van der Waals surface area contributed by atoms with E-state index in [4.69, 9.17) is 0 Å². The van der Waals surface area contributed by atoms with Gasteiger partial charge in [-0.25, -0.2) is 4.79 Å². The zero-order chi connectivity index (χ0) is 20.7. The van der Waals surface area contributed by atoms with E-state index in [2.05, 4.69) is 4.90 Å². The molecule has 2 atom stereocenters. The third-order valence-corrected chi connectivity index (χ3v) is 8.11. The minimum atomic E-state index is -0.922. The van der Waals surface area contributed by atoms with Gasteiger partial charge in [0.1, 0.15) is 0 Å². The first-order valence-corrected chi connectivity index (χ1v) is 11.8. The lowest BCUT2D eigenvalue weighted by atomic mass is 9.76. The fourth-order valence-corrected chi connectivity index (χ4v) is 6.18. The number of rotatable bonds is 6. The summed E-state index contributed by atoms with van der Waals surface area (Å²) in [6.45, 7) is 3.15. The summed E-state index contributed by atoms with van der Waals surface area (Å²) in [4.78, 5) is 15.9. The Morgan fingerprint density at radius 1 is 1.03 bits per heavy atom. The standard InChI is InChI=1S/C24H35N3O3/c28-17-20(29)16-26-21-6-1-2-7-22(21)27(23(26)30)19-8-13-25(14-9-19)15-18-5-3-4-10-24(18)11-12-24/h1-2,6-7,18-20,28-29H,3-5,8-17H2/t18-,20+/m0/s1. The summed E-state index contributed by atoms with van der Waals surface area (Å²) in [6.07, 6.45) is 9.64. The number of aliphatic hydroxyl groups excluding tert-OH is 2. The van der Waals surface area contributed by atoms with Gasteiger partial charge in [-0.2, -0.15) is 0 Å². The van der Waals surface area contributed by atoms with Crippen molar-refractivity contribution in [3.8, 4) is 0 Å². The van der Waals surface area contributed by atoms with Gasteiger partial charge in [-0.3, -0.25) is 9.13 Å². The number of piperidine rings is 1. The number of para-hydroxylation sites is 2. The third-order valence-electron chi connectivity index (χ3n) is 8.11. The van der Waals surface area contributed by atoms with Crippen LogP contribution in [0.15, 0.2) is 29.1 Å². The van der Waals surface area contributed by atoms with Gasteiger partial charge in [0, 0.05) is 25.7 Å². The van der Waals surface area contributed by atoms with E-state index in [1.807, 2.05) is 28.8 Å². The van der Waals surface area contributed by atoms with Gasteiger partial charge in [0.25, 0.3) is 0 Å². The van der Waals surface area contributed by atoms with Crippen LogP contribution in [0.1, 0.15) is 57.4 Å². The van der Waals surface area contributed by atoms with Gasteiger partial charge in [-0.15, -0.1) is 0 Å². The number of fused-ring (bicyclic) bond motifs is 1. The molecular formula is C24H35N3O3. The van der Waals surface area contributed by atoms with Crippen LogP contribution in [0.25, 0.3) is 11.0 Å². The largest absolute Gasteiger partial charge is 0.394 e. The quantitative estimate of drug-likeness (QED) is 0.764. The molecule has 1 aliphatic heterocycles. The maximum atomic E-state index is 13.3. The Kier molecular flexibility index (Phi) is 5.50. The Bertz CT molecular complexity index is 937. The second kappa shape index (κ2) is 8.13. The second-order valence-corrected chi connectivity index (χ2v) is 9.93. The van der Waals surface area contributed by atoms with Crippen molar-refractivity contribution in [2.24, 2.45) is 11.3 Å². The van der Waals surface area contributed by atoms with Gasteiger partial charge in [-0.05, 0) is 62.0 Å². The lowest BCUT2D eigenvalue weighted by molar-refractivity contribution is 0.0807. The molecule has 0 bridgehead atoms. The minimum absolute atomic E-state index is 0.0636. The molecule has 30 heavy (non-hydrogen) atoms. The van der Waals surface area contributed by atoms with Crippen LogP contribution < -0.4 is 5.69 Å². The summed E-state index contributed by atoms with van der Waals surface area (Å²) in [6, 6.07) is 8.04. The Labute approximate surface area is 178 Å². The highest BCUT2D eigenvalue weighted by atomic mass is 16.3. The number of hydrogen-bond acceptors (Lipinski definition) is 4. The van der Waals surface area contributed by atoms with Crippen LogP contribution in [0.2, 0.25) is 0 Å². The number of benzene rings is 1. The Balaban J connectivity index is 1.31. The van der Waals surface area contributed by atoms with Crippen LogP contribution in [0.4, 0.5) is 0 Å². The molecule has 2 aromatic rings. The molecular weight excluding hydrogens is 378 g/mol. The zero-order valence-electron chi connectivity index (χ0n) is 17.9. The predicted molar refractivity (Wildman–Crippen MR) is 118 cm³/mol. The minimum Gasteiger partial charge on any atom is -0.394 e. The van der Waals surface area contributed by atoms with Gasteiger partial charge in [0.2, 0.25) is 0 Å². The number of nitrogens with zero attached hydrogens (tertiary/aromatic N) is 3. The van der Waals surface area contributed by atoms with Crippen LogP contribution in [-0.4, -0.2) is 56.6 Å². The molecule has 3 fully saturated rings. The van der Waals surface area contributed by atoms with E-state index in [1.165, 1.54) is 45.1 Å². The van der Waals surface area contributed by atoms with Gasteiger partial charge in [0.15, 0.2) is 0 Å². The number of aliphatic hydroxyl groups is 2. The molecule has 1 spiro atoms. The lowest BCUT2D eigenvalue weighted by Crippen LogP contribution is -2.42. The maximum Gasteiger partial charge on any atom is 0.329 e. The predicted octanol–water partition coefficient (Wildman–Crippen LogP) is 2.76. The lowest BCUT2D eigenvalue weighted by Gasteiger charge is -2.39. The second-order valence-electron chi connectivity index (χ2n) is 9.93. The Morgan fingerprint density at radius 2 is 1.77 bits per heavy atom. The molecule has 6 heteroatoms. The SMILES string of the molecule is O=c1n(C[C@@H](O)CO)c2ccccc2n1C1CCN(C[C@@H]2CCCCC23CC3)CC1. The average molecular weight is 414 g/mol. The molecule has 2 aliphatic carbocycles. The van der Waals surface area contributed by atoms with Crippen LogP contribution >= 0.6 is 0 Å². The molecule has 1 aromatic heterocycles. The molecule has 6 nitrogen and oxygen atoms in total. The first-order valence-electron chi connectivity index (χ1n) is 11.8. The van der Waals surface area contributed by atoms with Crippen LogP contribution in [0.5, 0.6) is 0 Å². The van der Waals surface area contributed by atoms with E-state index in [0.29, 0.717) is 5.41 Å². The van der Waals surface area contributed by atoms with Gasteiger partial charge < -0.3 is 15.1 Å². The molecule has 3 aliphatic rings. The van der Waals surface area contributed by atoms with Crippen molar-refractivity contribution < 1.29 is 10.2 Å².